The first-order valence-corrected chi connectivity index (χ1v) is 6.03. The van der Waals surface area contributed by atoms with Crippen LogP contribution in [0.5, 0.6) is 0 Å². The Bertz CT molecular complexity index is 325. The third-order valence-corrected chi connectivity index (χ3v) is 3.13. The number of piperidine rings is 1. The quantitative estimate of drug-likeness (QED) is 0.917. The fourth-order valence-electron chi connectivity index (χ4n) is 2.04. The fourth-order valence-corrected chi connectivity index (χ4v) is 2.13. The van der Waals surface area contributed by atoms with Crippen LogP contribution < -0.4 is 10.2 Å². The molecular weight excluding hydrogens is 259 g/mol. The maximum absolute atomic E-state index is 5.76. The fraction of sp³-hybridized carbons (Fsp3) is 0.636. The number of rotatable bonds is 3. The lowest BCUT2D eigenvalue weighted by Crippen LogP contribution is -2.35. The lowest BCUT2D eigenvalue weighted by atomic mass is 9.98. The van der Waals surface area contributed by atoms with Crippen LogP contribution in [-0.4, -0.2) is 36.6 Å². The minimum atomic E-state index is 0. The Hall–Kier alpha value is -0.580. The zero-order chi connectivity index (χ0) is 11.4. The van der Waals surface area contributed by atoms with E-state index in [2.05, 4.69) is 20.2 Å². The van der Waals surface area contributed by atoms with E-state index in [-0.39, 0.29) is 12.4 Å². The number of hydrogen-bond acceptors (Lipinski definition) is 4. The largest absolute Gasteiger partial charge is 0.344 e. The predicted molar refractivity (Wildman–Crippen MR) is 73.2 cm³/mol. The van der Waals surface area contributed by atoms with Crippen molar-refractivity contribution in [3.8, 4) is 0 Å². The van der Waals surface area contributed by atoms with Gasteiger partial charge in [0.2, 0.25) is 5.95 Å². The van der Waals surface area contributed by atoms with Crippen LogP contribution in [0.4, 0.5) is 5.95 Å². The molecule has 1 fully saturated rings. The molecule has 1 aliphatic rings. The molecule has 96 valence electrons. The van der Waals surface area contributed by atoms with Crippen molar-refractivity contribution in [1.82, 2.24) is 15.3 Å². The molecule has 0 saturated carbocycles. The number of nitrogens with one attached hydrogen (secondary N) is 1. The maximum Gasteiger partial charge on any atom is 0.225 e. The Morgan fingerprint density at radius 2 is 1.94 bits per heavy atom. The van der Waals surface area contributed by atoms with Crippen molar-refractivity contribution in [2.24, 2.45) is 5.92 Å². The van der Waals surface area contributed by atoms with Crippen molar-refractivity contribution in [2.75, 3.05) is 31.6 Å². The molecule has 2 heterocycles. The SMILES string of the molecule is CN(CC1CCNCC1)c1ncc(Cl)cn1.Cl. The second-order valence-electron chi connectivity index (χ2n) is 4.28. The average molecular weight is 277 g/mol. The predicted octanol–water partition coefficient (Wildman–Crippen LogP) is 1.99. The van der Waals surface area contributed by atoms with Crippen LogP contribution in [0.2, 0.25) is 5.02 Å². The zero-order valence-electron chi connectivity index (χ0n) is 9.90. The summed E-state index contributed by atoms with van der Waals surface area (Å²) in [5.41, 5.74) is 0. The van der Waals surface area contributed by atoms with Gasteiger partial charge in [-0.05, 0) is 31.8 Å². The molecule has 4 nitrogen and oxygen atoms in total. The summed E-state index contributed by atoms with van der Waals surface area (Å²) in [6.07, 6.45) is 5.75. The van der Waals surface area contributed by atoms with Gasteiger partial charge < -0.3 is 10.2 Å². The molecule has 2 rings (SSSR count). The summed E-state index contributed by atoms with van der Waals surface area (Å²) in [4.78, 5) is 10.5. The van der Waals surface area contributed by atoms with Crippen LogP contribution in [-0.2, 0) is 0 Å². The third-order valence-electron chi connectivity index (χ3n) is 2.94. The third kappa shape index (κ3) is 4.30. The Morgan fingerprint density at radius 1 is 1.35 bits per heavy atom. The smallest absolute Gasteiger partial charge is 0.225 e. The normalized spacial score (nSPS) is 16.4. The molecule has 0 atom stereocenters. The van der Waals surface area contributed by atoms with Crippen LogP contribution in [0.15, 0.2) is 12.4 Å². The van der Waals surface area contributed by atoms with Crippen LogP contribution in [0, 0.1) is 5.92 Å². The first kappa shape index (κ1) is 14.5. The number of anilines is 1. The summed E-state index contributed by atoms with van der Waals surface area (Å²) < 4.78 is 0. The van der Waals surface area contributed by atoms with Gasteiger partial charge in [-0.2, -0.15) is 0 Å². The van der Waals surface area contributed by atoms with Gasteiger partial charge in [0, 0.05) is 13.6 Å². The van der Waals surface area contributed by atoms with Gasteiger partial charge in [0.15, 0.2) is 0 Å². The molecule has 0 unspecified atom stereocenters. The van der Waals surface area contributed by atoms with Crippen LogP contribution in [0.25, 0.3) is 0 Å². The highest BCUT2D eigenvalue weighted by atomic mass is 35.5. The van der Waals surface area contributed by atoms with E-state index in [1.165, 1.54) is 12.8 Å². The summed E-state index contributed by atoms with van der Waals surface area (Å²) in [5, 5.41) is 3.95. The molecule has 6 heteroatoms. The molecule has 0 spiro atoms. The second kappa shape index (κ2) is 6.99. The van der Waals surface area contributed by atoms with Crippen molar-refractivity contribution in [3.63, 3.8) is 0 Å². The number of nitrogens with zero attached hydrogens (tertiary/aromatic N) is 3. The Balaban J connectivity index is 0.00000144. The molecule has 0 radical (unpaired) electrons. The van der Waals surface area contributed by atoms with E-state index in [0.717, 1.165) is 31.5 Å². The van der Waals surface area contributed by atoms with Gasteiger partial charge >= 0.3 is 0 Å². The Morgan fingerprint density at radius 3 is 2.53 bits per heavy atom. The first-order chi connectivity index (χ1) is 7.75. The van der Waals surface area contributed by atoms with Gasteiger partial charge in [0.05, 0.1) is 17.4 Å². The highest BCUT2D eigenvalue weighted by Gasteiger charge is 2.16. The molecule has 1 aromatic heterocycles. The minimum Gasteiger partial charge on any atom is -0.344 e. The summed E-state index contributed by atoms with van der Waals surface area (Å²) in [7, 11) is 2.03. The topological polar surface area (TPSA) is 41.0 Å². The highest BCUT2D eigenvalue weighted by molar-refractivity contribution is 6.30. The Kier molecular flexibility index (Phi) is 5.95. The minimum absolute atomic E-state index is 0. The van der Waals surface area contributed by atoms with Crippen molar-refractivity contribution in [1.29, 1.82) is 0 Å². The van der Waals surface area contributed by atoms with Crippen LogP contribution >= 0.6 is 24.0 Å². The van der Waals surface area contributed by atoms with E-state index in [1.54, 1.807) is 12.4 Å². The lowest BCUT2D eigenvalue weighted by molar-refractivity contribution is 0.377. The van der Waals surface area contributed by atoms with Gasteiger partial charge in [-0.1, -0.05) is 11.6 Å². The molecule has 0 aliphatic carbocycles. The van der Waals surface area contributed by atoms with E-state index in [4.69, 9.17) is 11.6 Å². The molecule has 1 aliphatic heterocycles. The standard InChI is InChI=1S/C11H17ClN4.ClH/c1-16(8-9-2-4-13-5-3-9)11-14-6-10(12)7-15-11;/h6-7,9,13H,2-5,8H2,1H3;1H. The summed E-state index contributed by atoms with van der Waals surface area (Å²) in [6, 6.07) is 0. The summed E-state index contributed by atoms with van der Waals surface area (Å²) >= 11 is 5.76. The molecule has 1 N–H and O–H groups in total. The Labute approximate surface area is 113 Å². The molecule has 0 amide bonds. The van der Waals surface area contributed by atoms with Crippen LogP contribution in [0.1, 0.15) is 12.8 Å². The van der Waals surface area contributed by atoms with Gasteiger partial charge in [-0.3, -0.25) is 0 Å². The van der Waals surface area contributed by atoms with E-state index in [0.29, 0.717) is 5.02 Å². The molecule has 1 aromatic rings. The molecular formula is C11H18Cl2N4. The van der Waals surface area contributed by atoms with Gasteiger partial charge in [0.25, 0.3) is 0 Å². The van der Waals surface area contributed by atoms with Gasteiger partial charge in [-0.15, -0.1) is 12.4 Å². The first-order valence-electron chi connectivity index (χ1n) is 5.65. The monoisotopic (exact) mass is 276 g/mol. The maximum atomic E-state index is 5.76. The zero-order valence-corrected chi connectivity index (χ0v) is 11.5. The summed E-state index contributed by atoms with van der Waals surface area (Å²) in [5.74, 6) is 1.49. The molecule has 1 saturated heterocycles. The van der Waals surface area contributed by atoms with Gasteiger partial charge in [-0.25, -0.2) is 9.97 Å². The molecule has 0 bridgehead atoms. The number of hydrogen-bond donors (Lipinski definition) is 1. The number of aromatic nitrogens is 2. The van der Waals surface area contributed by atoms with E-state index >= 15 is 0 Å². The van der Waals surface area contributed by atoms with Crippen molar-refractivity contribution >= 4 is 30.0 Å². The average Bonchev–Trinajstić information content (AvgIpc) is 2.31. The van der Waals surface area contributed by atoms with Crippen molar-refractivity contribution in [2.45, 2.75) is 12.8 Å². The van der Waals surface area contributed by atoms with Gasteiger partial charge in [0.1, 0.15) is 0 Å². The van der Waals surface area contributed by atoms with Crippen molar-refractivity contribution < 1.29 is 0 Å². The van der Waals surface area contributed by atoms with Crippen molar-refractivity contribution in [3.05, 3.63) is 17.4 Å². The lowest BCUT2D eigenvalue weighted by Gasteiger charge is -2.27. The van der Waals surface area contributed by atoms with E-state index < -0.39 is 0 Å². The number of halogens is 2. The summed E-state index contributed by atoms with van der Waals surface area (Å²) in [6.45, 7) is 3.27. The highest BCUT2D eigenvalue weighted by Crippen LogP contribution is 2.16. The van der Waals surface area contributed by atoms with E-state index in [1.807, 2.05) is 7.05 Å². The van der Waals surface area contributed by atoms with E-state index in [9.17, 15) is 0 Å². The second-order valence-corrected chi connectivity index (χ2v) is 4.71. The van der Waals surface area contributed by atoms with Crippen LogP contribution in [0.3, 0.4) is 0 Å². The molecule has 0 aromatic carbocycles. The molecule has 17 heavy (non-hydrogen) atoms.